The zero-order valence-electron chi connectivity index (χ0n) is 8.47. The third kappa shape index (κ3) is 1.91. The Kier molecular flexibility index (Phi) is 2.64. The van der Waals surface area contributed by atoms with Crippen LogP contribution in [0.25, 0.3) is 0 Å². The summed E-state index contributed by atoms with van der Waals surface area (Å²) in [4.78, 5) is 11.2. The van der Waals surface area contributed by atoms with Gasteiger partial charge in [-0.25, -0.2) is 0 Å². The van der Waals surface area contributed by atoms with Gasteiger partial charge in [0.15, 0.2) is 0 Å². The van der Waals surface area contributed by atoms with E-state index in [4.69, 9.17) is 0 Å². The van der Waals surface area contributed by atoms with Crippen LogP contribution in [0.4, 0.5) is 0 Å². The molecule has 1 amide bonds. The summed E-state index contributed by atoms with van der Waals surface area (Å²) < 4.78 is 0. The largest absolute Gasteiger partial charge is 0.508 e. The fourth-order valence-electron chi connectivity index (χ4n) is 1.50. The summed E-state index contributed by atoms with van der Waals surface area (Å²) in [6.07, 6.45) is 3.23. The van der Waals surface area contributed by atoms with Crippen molar-refractivity contribution in [2.24, 2.45) is 0 Å². The minimum atomic E-state index is -0.326. The van der Waals surface area contributed by atoms with Crippen LogP contribution in [0.2, 0.25) is 0 Å². The number of aromatic hydroxyl groups is 1. The van der Waals surface area contributed by atoms with E-state index in [-0.39, 0.29) is 23.0 Å². The third-order valence-electron chi connectivity index (χ3n) is 2.38. The van der Waals surface area contributed by atoms with Gasteiger partial charge in [0, 0.05) is 6.20 Å². The number of aliphatic hydroxyl groups is 1. The molecule has 3 N–H and O–H groups in total. The van der Waals surface area contributed by atoms with Gasteiger partial charge in [0.05, 0.1) is 5.57 Å². The number of hydrogen-bond donors (Lipinski definition) is 3. The molecule has 0 radical (unpaired) electrons. The summed E-state index contributed by atoms with van der Waals surface area (Å²) in [7, 11) is 0. The second kappa shape index (κ2) is 4.10. The number of carbonyl (C=O) groups excluding carboxylic acids is 1. The molecule has 0 fully saturated rings. The Labute approximate surface area is 92.5 Å². The lowest BCUT2D eigenvalue weighted by molar-refractivity contribution is -0.116. The average Bonchev–Trinajstić information content (AvgIpc) is 2.58. The van der Waals surface area contributed by atoms with E-state index < -0.39 is 0 Å². The highest BCUT2D eigenvalue weighted by Crippen LogP contribution is 2.19. The molecule has 0 atom stereocenters. The number of phenols is 1. The fraction of sp³-hybridized carbons (Fsp3) is 0.0833. The van der Waals surface area contributed by atoms with E-state index in [1.807, 2.05) is 0 Å². The molecule has 0 aromatic heterocycles. The normalized spacial score (nSPS) is 17.4. The first-order chi connectivity index (χ1) is 7.68. The first-order valence-electron chi connectivity index (χ1n) is 4.86. The molecule has 0 saturated heterocycles. The summed E-state index contributed by atoms with van der Waals surface area (Å²) in [6, 6.07) is 6.88. The van der Waals surface area contributed by atoms with E-state index in [9.17, 15) is 15.0 Å². The highest BCUT2D eigenvalue weighted by Gasteiger charge is 2.18. The van der Waals surface area contributed by atoms with E-state index in [0.717, 1.165) is 0 Å². The van der Waals surface area contributed by atoms with Gasteiger partial charge in [-0.15, -0.1) is 0 Å². The Morgan fingerprint density at radius 1 is 1.25 bits per heavy atom. The molecule has 0 spiro atoms. The lowest BCUT2D eigenvalue weighted by atomic mass is 10.1. The number of nitrogens with one attached hydrogen (secondary N) is 1. The van der Waals surface area contributed by atoms with Crippen LogP contribution >= 0.6 is 0 Å². The minimum absolute atomic E-state index is 0.0691. The number of aliphatic hydroxyl groups excluding tert-OH is 1. The third-order valence-corrected chi connectivity index (χ3v) is 2.38. The van der Waals surface area contributed by atoms with Crippen molar-refractivity contribution in [3.05, 3.63) is 53.4 Å². The summed E-state index contributed by atoms with van der Waals surface area (Å²) in [5, 5.41) is 21.3. The van der Waals surface area contributed by atoms with Crippen molar-refractivity contribution >= 4 is 5.91 Å². The minimum Gasteiger partial charge on any atom is -0.508 e. The van der Waals surface area contributed by atoms with Crippen LogP contribution < -0.4 is 5.32 Å². The molecule has 4 nitrogen and oxygen atoms in total. The number of carbonyl (C=O) groups is 1. The maximum Gasteiger partial charge on any atom is 0.258 e. The van der Waals surface area contributed by atoms with E-state index in [2.05, 4.69) is 5.32 Å². The Morgan fingerprint density at radius 2 is 2.00 bits per heavy atom. The molecule has 16 heavy (non-hydrogen) atoms. The SMILES string of the molecule is O=C1NC=C(O)/C1=C\Cc1ccccc1O. The Morgan fingerprint density at radius 3 is 2.62 bits per heavy atom. The molecule has 0 aliphatic carbocycles. The van der Waals surface area contributed by atoms with Gasteiger partial charge in [0.2, 0.25) is 0 Å². The molecular formula is C12H11NO3. The van der Waals surface area contributed by atoms with Crippen molar-refractivity contribution in [2.45, 2.75) is 6.42 Å². The van der Waals surface area contributed by atoms with Crippen molar-refractivity contribution in [1.29, 1.82) is 0 Å². The van der Waals surface area contributed by atoms with Gasteiger partial charge >= 0.3 is 0 Å². The van der Waals surface area contributed by atoms with E-state index in [1.54, 1.807) is 30.3 Å². The molecule has 2 rings (SSSR count). The van der Waals surface area contributed by atoms with Gasteiger partial charge in [-0.3, -0.25) is 4.79 Å². The maximum absolute atomic E-state index is 11.2. The zero-order chi connectivity index (χ0) is 11.5. The van der Waals surface area contributed by atoms with E-state index in [0.29, 0.717) is 12.0 Å². The van der Waals surface area contributed by atoms with Gasteiger partial charge in [-0.05, 0) is 18.1 Å². The van der Waals surface area contributed by atoms with Gasteiger partial charge in [-0.2, -0.15) is 0 Å². The van der Waals surface area contributed by atoms with Crippen LogP contribution in [0.3, 0.4) is 0 Å². The number of allylic oxidation sites excluding steroid dienone is 1. The number of phenolic OH excluding ortho intramolecular Hbond substituents is 1. The second-order valence-corrected chi connectivity index (χ2v) is 3.45. The Balaban J connectivity index is 2.18. The molecule has 0 unspecified atom stereocenters. The Bertz CT molecular complexity index is 489. The molecule has 82 valence electrons. The predicted octanol–water partition coefficient (Wildman–Crippen LogP) is 1.39. The average molecular weight is 217 g/mol. The van der Waals surface area contributed by atoms with Crippen molar-refractivity contribution in [3.8, 4) is 5.75 Å². The summed E-state index contributed by atoms with van der Waals surface area (Å²) in [5.41, 5.74) is 0.950. The molecule has 0 saturated carbocycles. The number of hydrogen-bond acceptors (Lipinski definition) is 3. The van der Waals surface area contributed by atoms with Gasteiger partial charge in [0.1, 0.15) is 11.5 Å². The van der Waals surface area contributed by atoms with E-state index >= 15 is 0 Å². The summed E-state index contributed by atoms with van der Waals surface area (Å²) >= 11 is 0. The zero-order valence-corrected chi connectivity index (χ0v) is 8.47. The van der Waals surface area contributed by atoms with Crippen LogP contribution in [-0.2, 0) is 11.2 Å². The number of amides is 1. The number of para-hydroxylation sites is 1. The van der Waals surface area contributed by atoms with Crippen molar-refractivity contribution in [3.63, 3.8) is 0 Å². The molecule has 1 aromatic carbocycles. The number of benzene rings is 1. The van der Waals surface area contributed by atoms with Crippen LogP contribution in [0.15, 0.2) is 47.9 Å². The van der Waals surface area contributed by atoms with Gasteiger partial charge in [-0.1, -0.05) is 24.3 Å². The lowest BCUT2D eigenvalue weighted by Gasteiger charge is -2.01. The lowest BCUT2D eigenvalue weighted by Crippen LogP contribution is -2.12. The van der Waals surface area contributed by atoms with E-state index in [1.165, 1.54) is 6.20 Å². The maximum atomic E-state index is 11.2. The molecule has 0 bridgehead atoms. The quantitative estimate of drug-likeness (QED) is 0.655. The van der Waals surface area contributed by atoms with Crippen molar-refractivity contribution < 1.29 is 15.0 Å². The van der Waals surface area contributed by atoms with Crippen molar-refractivity contribution in [1.82, 2.24) is 5.32 Å². The smallest absolute Gasteiger partial charge is 0.258 e. The number of rotatable bonds is 2. The standard InChI is InChI=1S/C12H11NO3/c14-10-4-2-1-3-8(10)5-6-9-11(15)7-13-12(9)16/h1-4,6-7,14-15H,5H2,(H,13,16)/b9-6+. The first-order valence-corrected chi connectivity index (χ1v) is 4.86. The highest BCUT2D eigenvalue weighted by atomic mass is 16.3. The molecule has 1 aliphatic rings. The topological polar surface area (TPSA) is 69.6 Å². The molecule has 1 aromatic rings. The monoisotopic (exact) mass is 217 g/mol. The highest BCUT2D eigenvalue weighted by molar-refractivity contribution is 6.00. The molecule has 1 heterocycles. The van der Waals surface area contributed by atoms with Crippen molar-refractivity contribution in [2.75, 3.05) is 0 Å². The van der Waals surface area contributed by atoms with Crippen LogP contribution in [-0.4, -0.2) is 16.1 Å². The Hall–Kier alpha value is -2.23. The first kappa shape index (κ1) is 10.3. The van der Waals surface area contributed by atoms with Gasteiger partial charge in [0.25, 0.3) is 5.91 Å². The van der Waals surface area contributed by atoms with Crippen LogP contribution in [0.1, 0.15) is 5.56 Å². The van der Waals surface area contributed by atoms with Crippen LogP contribution in [0, 0.1) is 0 Å². The summed E-state index contributed by atoms with van der Waals surface area (Å²) in [5.74, 6) is -0.213. The van der Waals surface area contributed by atoms with Crippen LogP contribution in [0.5, 0.6) is 5.75 Å². The second-order valence-electron chi connectivity index (χ2n) is 3.45. The molecular weight excluding hydrogens is 206 g/mol. The van der Waals surface area contributed by atoms with Gasteiger partial charge < -0.3 is 15.5 Å². The molecule has 4 heteroatoms. The predicted molar refractivity (Wildman–Crippen MR) is 58.7 cm³/mol. The fourth-order valence-corrected chi connectivity index (χ4v) is 1.50. The molecule has 1 aliphatic heterocycles. The summed E-state index contributed by atoms with van der Waals surface area (Å²) in [6.45, 7) is 0.